The van der Waals surface area contributed by atoms with Crippen molar-refractivity contribution in [3.63, 3.8) is 0 Å². The minimum absolute atomic E-state index is 0.137. The van der Waals surface area contributed by atoms with Gasteiger partial charge < -0.3 is 19.7 Å². The number of hydrogen-bond donors (Lipinski definition) is 2. The zero-order valence-electron chi connectivity index (χ0n) is 10.6. The van der Waals surface area contributed by atoms with Crippen LogP contribution in [0, 0.1) is 0 Å². The summed E-state index contributed by atoms with van der Waals surface area (Å²) in [5.74, 6) is -0.611. The number of carboxylic acid groups (broad SMARTS) is 1. The number of carboxylic acids is 1. The summed E-state index contributed by atoms with van der Waals surface area (Å²) >= 11 is 0. The number of aliphatic hydroxyl groups excluding tert-OH is 1. The zero-order chi connectivity index (χ0) is 13.7. The predicted molar refractivity (Wildman–Crippen MR) is 68.1 cm³/mol. The number of aliphatic hydroxyl groups is 1. The van der Waals surface area contributed by atoms with Crippen molar-refractivity contribution in [2.24, 2.45) is 0 Å². The Balaban J connectivity index is 1.86. The van der Waals surface area contributed by atoms with Gasteiger partial charge in [0.25, 0.3) is 0 Å². The van der Waals surface area contributed by atoms with E-state index < -0.39 is 12.1 Å². The number of carbonyl (C=O) groups is 1. The Morgan fingerprint density at radius 2 is 2.11 bits per heavy atom. The van der Waals surface area contributed by atoms with E-state index >= 15 is 0 Å². The van der Waals surface area contributed by atoms with Gasteiger partial charge in [-0.2, -0.15) is 0 Å². The smallest absolute Gasteiger partial charge is 0.337 e. The molecule has 2 atom stereocenters. The standard InChI is InChI=1S/C14H18O5/c15-13(14(16)17)10-4-6-11(7-5-10)19-9-12-3-1-2-8-18-12/h4-7,12-13,15H,1-3,8-9H2,(H,16,17)/t12?,13-/m1/s1. The molecule has 0 aromatic heterocycles. The van der Waals surface area contributed by atoms with Gasteiger partial charge in [0.05, 0.1) is 6.10 Å². The lowest BCUT2D eigenvalue weighted by atomic mass is 10.1. The molecule has 1 aliphatic heterocycles. The van der Waals surface area contributed by atoms with Crippen molar-refractivity contribution in [1.82, 2.24) is 0 Å². The molecule has 5 nitrogen and oxygen atoms in total. The van der Waals surface area contributed by atoms with E-state index in [2.05, 4.69) is 0 Å². The van der Waals surface area contributed by atoms with Crippen molar-refractivity contribution in [1.29, 1.82) is 0 Å². The maximum Gasteiger partial charge on any atom is 0.337 e. The second kappa shape index (κ2) is 6.54. The van der Waals surface area contributed by atoms with Gasteiger partial charge in [0.2, 0.25) is 0 Å². The highest BCUT2D eigenvalue weighted by atomic mass is 16.5. The molecule has 0 amide bonds. The number of benzene rings is 1. The van der Waals surface area contributed by atoms with Crippen LogP contribution in [0.25, 0.3) is 0 Å². The SMILES string of the molecule is O=C(O)[C@H](O)c1ccc(OCC2CCCCO2)cc1. The van der Waals surface area contributed by atoms with Gasteiger partial charge in [-0.1, -0.05) is 12.1 Å². The highest BCUT2D eigenvalue weighted by Gasteiger charge is 2.16. The van der Waals surface area contributed by atoms with Crippen molar-refractivity contribution < 1.29 is 24.5 Å². The van der Waals surface area contributed by atoms with Gasteiger partial charge in [-0.3, -0.25) is 0 Å². The van der Waals surface area contributed by atoms with Crippen molar-refractivity contribution in [2.45, 2.75) is 31.5 Å². The van der Waals surface area contributed by atoms with E-state index in [-0.39, 0.29) is 6.10 Å². The second-order valence-electron chi connectivity index (χ2n) is 4.61. The molecule has 0 spiro atoms. The summed E-state index contributed by atoms with van der Waals surface area (Å²) in [6.07, 6.45) is 1.93. The molecule has 5 heteroatoms. The second-order valence-corrected chi connectivity index (χ2v) is 4.61. The summed E-state index contributed by atoms with van der Waals surface area (Å²) in [7, 11) is 0. The van der Waals surface area contributed by atoms with Gasteiger partial charge in [0.1, 0.15) is 12.4 Å². The van der Waals surface area contributed by atoms with Crippen molar-refractivity contribution in [3.8, 4) is 5.75 Å². The molecule has 1 saturated heterocycles. The number of hydrogen-bond acceptors (Lipinski definition) is 4. The molecule has 1 aliphatic rings. The van der Waals surface area contributed by atoms with Gasteiger partial charge in [0, 0.05) is 6.61 Å². The molecule has 2 rings (SSSR count). The number of aliphatic carboxylic acids is 1. The van der Waals surface area contributed by atoms with Crippen LogP contribution in [0.3, 0.4) is 0 Å². The molecule has 0 aliphatic carbocycles. The van der Waals surface area contributed by atoms with Crippen LogP contribution in [0.4, 0.5) is 0 Å². The Morgan fingerprint density at radius 3 is 2.68 bits per heavy atom. The van der Waals surface area contributed by atoms with Crippen LogP contribution in [0.5, 0.6) is 5.75 Å². The number of rotatable bonds is 5. The molecular weight excluding hydrogens is 248 g/mol. The molecule has 104 valence electrons. The first kappa shape index (κ1) is 13.8. The van der Waals surface area contributed by atoms with Crippen LogP contribution in [0.2, 0.25) is 0 Å². The number of ether oxygens (including phenoxy) is 2. The van der Waals surface area contributed by atoms with E-state index in [0.29, 0.717) is 17.9 Å². The summed E-state index contributed by atoms with van der Waals surface area (Å²) in [5, 5.41) is 18.0. The van der Waals surface area contributed by atoms with Gasteiger partial charge in [0.15, 0.2) is 6.10 Å². The largest absolute Gasteiger partial charge is 0.491 e. The Labute approximate surface area is 111 Å². The summed E-state index contributed by atoms with van der Waals surface area (Å²) in [6, 6.07) is 6.42. The average molecular weight is 266 g/mol. The lowest BCUT2D eigenvalue weighted by molar-refractivity contribution is -0.146. The average Bonchev–Trinajstić information content (AvgIpc) is 2.46. The van der Waals surface area contributed by atoms with E-state index in [1.807, 2.05) is 0 Å². The molecule has 0 bridgehead atoms. The Hall–Kier alpha value is -1.59. The van der Waals surface area contributed by atoms with Crippen LogP contribution in [0.1, 0.15) is 30.9 Å². The summed E-state index contributed by atoms with van der Waals surface area (Å²) < 4.78 is 11.1. The quantitative estimate of drug-likeness (QED) is 0.849. The predicted octanol–water partition coefficient (Wildman–Crippen LogP) is 1.75. The third kappa shape index (κ3) is 3.94. The van der Waals surface area contributed by atoms with Crippen LogP contribution in [-0.2, 0) is 9.53 Å². The van der Waals surface area contributed by atoms with E-state index in [4.69, 9.17) is 14.6 Å². The monoisotopic (exact) mass is 266 g/mol. The van der Waals surface area contributed by atoms with E-state index in [1.165, 1.54) is 0 Å². The van der Waals surface area contributed by atoms with Crippen LogP contribution in [-0.4, -0.2) is 35.5 Å². The first-order chi connectivity index (χ1) is 9.16. The minimum Gasteiger partial charge on any atom is -0.491 e. The molecule has 0 radical (unpaired) electrons. The highest BCUT2D eigenvalue weighted by Crippen LogP contribution is 2.19. The fraction of sp³-hybridized carbons (Fsp3) is 0.500. The molecule has 1 aromatic rings. The summed E-state index contributed by atoms with van der Waals surface area (Å²) in [4.78, 5) is 10.6. The van der Waals surface area contributed by atoms with Gasteiger partial charge in [-0.15, -0.1) is 0 Å². The maximum atomic E-state index is 10.6. The molecule has 1 heterocycles. The van der Waals surface area contributed by atoms with E-state index in [0.717, 1.165) is 25.9 Å². The lowest BCUT2D eigenvalue weighted by Crippen LogP contribution is -2.25. The van der Waals surface area contributed by atoms with Gasteiger partial charge >= 0.3 is 5.97 Å². The lowest BCUT2D eigenvalue weighted by Gasteiger charge is -2.22. The first-order valence-corrected chi connectivity index (χ1v) is 6.42. The fourth-order valence-electron chi connectivity index (χ4n) is 2.02. The molecule has 1 aromatic carbocycles. The zero-order valence-corrected chi connectivity index (χ0v) is 10.6. The molecule has 1 fully saturated rings. The van der Waals surface area contributed by atoms with Crippen molar-refractivity contribution in [2.75, 3.05) is 13.2 Å². The molecule has 2 N–H and O–H groups in total. The van der Waals surface area contributed by atoms with Crippen molar-refractivity contribution >= 4 is 5.97 Å². The molecular formula is C14H18O5. The van der Waals surface area contributed by atoms with Crippen LogP contribution < -0.4 is 4.74 Å². The normalized spacial score (nSPS) is 20.8. The van der Waals surface area contributed by atoms with Gasteiger partial charge in [-0.05, 0) is 37.0 Å². The Morgan fingerprint density at radius 1 is 1.37 bits per heavy atom. The summed E-state index contributed by atoms with van der Waals surface area (Å²) in [6.45, 7) is 1.29. The summed E-state index contributed by atoms with van der Waals surface area (Å²) in [5.41, 5.74) is 0.341. The van der Waals surface area contributed by atoms with Crippen molar-refractivity contribution in [3.05, 3.63) is 29.8 Å². The Bertz CT molecular complexity index is 408. The topological polar surface area (TPSA) is 76.0 Å². The first-order valence-electron chi connectivity index (χ1n) is 6.42. The highest BCUT2D eigenvalue weighted by molar-refractivity contribution is 5.74. The third-order valence-corrected chi connectivity index (χ3v) is 3.14. The molecule has 0 saturated carbocycles. The Kier molecular flexibility index (Phi) is 4.76. The van der Waals surface area contributed by atoms with Crippen LogP contribution >= 0.6 is 0 Å². The van der Waals surface area contributed by atoms with Gasteiger partial charge in [-0.25, -0.2) is 4.79 Å². The van der Waals surface area contributed by atoms with E-state index in [1.54, 1.807) is 24.3 Å². The molecule has 1 unspecified atom stereocenters. The third-order valence-electron chi connectivity index (χ3n) is 3.14. The molecule has 19 heavy (non-hydrogen) atoms. The minimum atomic E-state index is -1.49. The maximum absolute atomic E-state index is 10.6. The van der Waals surface area contributed by atoms with Crippen LogP contribution in [0.15, 0.2) is 24.3 Å². The van der Waals surface area contributed by atoms with E-state index in [9.17, 15) is 9.90 Å². The fourth-order valence-corrected chi connectivity index (χ4v) is 2.02.